The summed E-state index contributed by atoms with van der Waals surface area (Å²) in [6.45, 7) is 1.39. The van der Waals surface area contributed by atoms with Gasteiger partial charge in [0.05, 0.1) is 31.9 Å². The molecule has 4 nitrogen and oxygen atoms in total. The zero-order valence-electron chi connectivity index (χ0n) is 17.3. The fraction of sp³-hybridized carbons (Fsp3) is 0.500. The van der Waals surface area contributed by atoms with Gasteiger partial charge in [0.1, 0.15) is 29.9 Å². The third kappa shape index (κ3) is 3.86. The van der Waals surface area contributed by atoms with Crippen LogP contribution in [0.2, 0.25) is 0 Å². The molecule has 2 N–H and O–H groups in total. The molecule has 2 aliphatic rings. The largest absolute Gasteiger partial charge is 0.497 e. The van der Waals surface area contributed by atoms with Crippen LogP contribution in [-0.4, -0.2) is 31.5 Å². The first-order valence-electron chi connectivity index (χ1n) is 10.6. The number of piperidine rings is 1. The zero-order valence-corrected chi connectivity index (χ0v) is 17.3. The number of fused-ring (bicyclic) bond motifs is 1. The average Bonchev–Trinajstić information content (AvgIpc) is 2.74. The molecule has 4 atom stereocenters. The van der Waals surface area contributed by atoms with E-state index in [1.54, 1.807) is 20.3 Å². The Hall–Kier alpha value is -2.11. The first kappa shape index (κ1) is 20.2. The van der Waals surface area contributed by atoms with Gasteiger partial charge in [-0.2, -0.15) is 0 Å². The zero-order chi connectivity index (χ0) is 20.4. The van der Waals surface area contributed by atoms with Crippen LogP contribution >= 0.6 is 0 Å². The molecule has 0 bridgehead atoms. The summed E-state index contributed by atoms with van der Waals surface area (Å²) in [5.74, 6) is 1.53. The molecular weight excluding hydrogens is 369 g/mol. The predicted octanol–water partition coefficient (Wildman–Crippen LogP) is 3.29. The third-order valence-electron chi connectivity index (χ3n) is 6.93. The summed E-state index contributed by atoms with van der Waals surface area (Å²) in [4.78, 5) is 1.28. The van der Waals surface area contributed by atoms with Crippen molar-refractivity contribution in [1.82, 2.24) is 0 Å². The van der Waals surface area contributed by atoms with E-state index in [-0.39, 0.29) is 17.8 Å². The van der Waals surface area contributed by atoms with Crippen molar-refractivity contribution < 1.29 is 23.9 Å². The van der Waals surface area contributed by atoms with E-state index in [1.807, 2.05) is 30.3 Å². The number of quaternary nitrogens is 1. The minimum absolute atomic E-state index is 0.0266. The average molecular weight is 401 g/mol. The maximum atomic E-state index is 14.4. The Labute approximate surface area is 172 Å². The van der Waals surface area contributed by atoms with E-state index in [1.165, 1.54) is 11.0 Å². The van der Waals surface area contributed by atoms with Gasteiger partial charge in [0.15, 0.2) is 0 Å². The summed E-state index contributed by atoms with van der Waals surface area (Å²) in [7, 11) is 3.34. The Morgan fingerprint density at radius 3 is 2.69 bits per heavy atom. The van der Waals surface area contributed by atoms with Crippen molar-refractivity contribution in [3.05, 3.63) is 59.4 Å². The van der Waals surface area contributed by atoms with Crippen LogP contribution in [0.25, 0.3) is 0 Å². The first-order valence-corrected chi connectivity index (χ1v) is 10.6. The summed E-state index contributed by atoms with van der Waals surface area (Å²) in [5, 5.41) is 11.5. The van der Waals surface area contributed by atoms with Gasteiger partial charge in [0.25, 0.3) is 0 Å². The second kappa shape index (κ2) is 8.33. The van der Waals surface area contributed by atoms with Crippen LogP contribution in [0.3, 0.4) is 0 Å². The number of rotatable bonds is 5. The van der Waals surface area contributed by atoms with Crippen LogP contribution in [0.5, 0.6) is 11.5 Å². The molecule has 1 aliphatic carbocycles. The molecule has 1 saturated carbocycles. The van der Waals surface area contributed by atoms with E-state index in [0.29, 0.717) is 6.54 Å². The van der Waals surface area contributed by atoms with Gasteiger partial charge in [-0.25, -0.2) is 4.39 Å². The summed E-state index contributed by atoms with van der Waals surface area (Å²) < 4.78 is 25.6. The summed E-state index contributed by atoms with van der Waals surface area (Å²) in [6, 6.07) is 12.9. The normalized spacial score (nSPS) is 29.2. The number of ether oxygens (including phenoxy) is 2. The molecule has 1 saturated heterocycles. The Balaban J connectivity index is 1.78. The monoisotopic (exact) mass is 400 g/mol. The highest BCUT2D eigenvalue weighted by Gasteiger charge is 2.52. The van der Waals surface area contributed by atoms with Gasteiger partial charge in [-0.1, -0.05) is 31.0 Å². The lowest BCUT2D eigenvalue weighted by atomic mass is 9.66. The second-order valence-corrected chi connectivity index (χ2v) is 8.47. The highest BCUT2D eigenvalue weighted by Crippen LogP contribution is 2.46. The molecule has 1 unspecified atom stereocenters. The molecule has 29 heavy (non-hydrogen) atoms. The second-order valence-electron chi connectivity index (χ2n) is 8.47. The fourth-order valence-corrected chi connectivity index (χ4v) is 5.46. The molecule has 1 heterocycles. The van der Waals surface area contributed by atoms with Crippen molar-refractivity contribution >= 4 is 0 Å². The SMILES string of the molecule is COc1ccc(OC)c([C@@H]2[C@@H]3CCCC[C@]3(O)CC[NH+]2Cc2ccccc2F)c1. The van der Waals surface area contributed by atoms with Gasteiger partial charge in [-0.15, -0.1) is 0 Å². The van der Waals surface area contributed by atoms with E-state index < -0.39 is 5.60 Å². The molecule has 2 aromatic carbocycles. The number of halogens is 1. The molecule has 156 valence electrons. The molecule has 1 aliphatic heterocycles. The summed E-state index contributed by atoms with van der Waals surface area (Å²) in [5.41, 5.74) is 1.11. The van der Waals surface area contributed by atoms with Gasteiger partial charge in [-0.3, -0.25) is 0 Å². The van der Waals surface area contributed by atoms with Gasteiger partial charge in [0, 0.05) is 17.9 Å². The van der Waals surface area contributed by atoms with E-state index in [4.69, 9.17) is 9.47 Å². The Bertz CT molecular complexity index is 858. The molecule has 0 aromatic heterocycles. The van der Waals surface area contributed by atoms with Gasteiger partial charge in [0.2, 0.25) is 0 Å². The van der Waals surface area contributed by atoms with Gasteiger partial charge >= 0.3 is 0 Å². The quantitative estimate of drug-likeness (QED) is 0.809. The molecule has 2 aromatic rings. The van der Waals surface area contributed by atoms with Gasteiger partial charge in [-0.05, 0) is 37.1 Å². The van der Waals surface area contributed by atoms with Crippen molar-refractivity contribution in [2.45, 2.75) is 50.3 Å². The summed E-state index contributed by atoms with van der Waals surface area (Å²) >= 11 is 0. The maximum absolute atomic E-state index is 14.4. The van der Waals surface area contributed by atoms with Crippen LogP contribution < -0.4 is 14.4 Å². The van der Waals surface area contributed by atoms with Crippen molar-refractivity contribution in [2.24, 2.45) is 5.92 Å². The van der Waals surface area contributed by atoms with Crippen LogP contribution in [0.1, 0.15) is 49.3 Å². The Morgan fingerprint density at radius 1 is 1.10 bits per heavy atom. The van der Waals surface area contributed by atoms with Gasteiger partial charge < -0.3 is 19.5 Å². The summed E-state index contributed by atoms with van der Waals surface area (Å²) in [6.07, 6.45) is 4.75. The lowest BCUT2D eigenvalue weighted by molar-refractivity contribution is -0.958. The van der Waals surface area contributed by atoms with Crippen molar-refractivity contribution in [3.63, 3.8) is 0 Å². The van der Waals surface area contributed by atoms with Crippen LogP contribution in [0.15, 0.2) is 42.5 Å². The molecule has 0 radical (unpaired) electrons. The number of hydrogen-bond donors (Lipinski definition) is 2. The van der Waals surface area contributed by atoms with Crippen LogP contribution in [-0.2, 0) is 6.54 Å². The molecule has 4 rings (SSSR count). The Kier molecular flexibility index (Phi) is 5.79. The van der Waals surface area contributed by atoms with E-state index in [9.17, 15) is 9.50 Å². The number of benzene rings is 2. The highest BCUT2D eigenvalue weighted by atomic mass is 19.1. The smallest absolute Gasteiger partial charge is 0.132 e. The topological polar surface area (TPSA) is 43.1 Å². The number of methoxy groups -OCH3 is 2. The highest BCUT2D eigenvalue weighted by molar-refractivity contribution is 5.42. The lowest BCUT2D eigenvalue weighted by Crippen LogP contribution is -3.13. The predicted molar refractivity (Wildman–Crippen MR) is 110 cm³/mol. The number of aliphatic hydroxyl groups is 1. The minimum Gasteiger partial charge on any atom is -0.497 e. The third-order valence-corrected chi connectivity index (χ3v) is 6.93. The van der Waals surface area contributed by atoms with Crippen LogP contribution in [0.4, 0.5) is 4.39 Å². The van der Waals surface area contributed by atoms with Crippen molar-refractivity contribution in [2.75, 3.05) is 20.8 Å². The number of nitrogens with one attached hydrogen (secondary N) is 1. The van der Waals surface area contributed by atoms with E-state index >= 15 is 0 Å². The number of likely N-dealkylation sites (tertiary alicyclic amines) is 1. The first-order chi connectivity index (χ1) is 14.1. The fourth-order valence-electron chi connectivity index (χ4n) is 5.46. The van der Waals surface area contributed by atoms with E-state index in [0.717, 1.165) is 61.3 Å². The number of hydrogen-bond acceptors (Lipinski definition) is 3. The van der Waals surface area contributed by atoms with E-state index in [2.05, 4.69) is 0 Å². The molecule has 0 amide bonds. The minimum atomic E-state index is -0.657. The maximum Gasteiger partial charge on any atom is 0.132 e. The molecule has 5 heteroatoms. The molecule has 0 spiro atoms. The lowest BCUT2D eigenvalue weighted by Gasteiger charge is -2.50. The molecule has 2 fully saturated rings. The Morgan fingerprint density at radius 2 is 1.93 bits per heavy atom. The van der Waals surface area contributed by atoms with Crippen LogP contribution in [0, 0.1) is 11.7 Å². The van der Waals surface area contributed by atoms with Crippen molar-refractivity contribution in [1.29, 1.82) is 0 Å². The molecular formula is C24H31FNO3+. The van der Waals surface area contributed by atoms with Crippen molar-refractivity contribution in [3.8, 4) is 11.5 Å². The standard InChI is InChI=1S/C24H30FNO3/c1-28-18-10-11-22(29-2)19(15-18)23-20-8-5-6-12-24(20,27)13-14-26(23)16-17-7-3-4-9-21(17)25/h3-4,7,9-11,15,20,23,27H,5-6,8,12-14,16H2,1-2H3/p+1/t20-,23+,24-/m0/s1.